The van der Waals surface area contributed by atoms with E-state index in [4.69, 9.17) is 4.74 Å². The molecule has 0 aliphatic carbocycles. The van der Waals surface area contributed by atoms with E-state index in [1.807, 2.05) is 12.1 Å². The van der Waals surface area contributed by atoms with Crippen molar-refractivity contribution in [3.05, 3.63) is 65.2 Å². The van der Waals surface area contributed by atoms with E-state index in [1.165, 1.54) is 29.5 Å². The molecule has 0 fully saturated rings. The van der Waals surface area contributed by atoms with Gasteiger partial charge < -0.3 is 15.2 Å². The van der Waals surface area contributed by atoms with Gasteiger partial charge in [-0.1, -0.05) is 49.7 Å². The molecular weight excluding hydrogens is 336 g/mol. The van der Waals surface area contributed by atoms with Crippen LogP contribution in [0.4, 0.5) is 0 Å². The smallest absolute Gasteiger partial charge is 0.119 e. The summed E-state index contributed by atoms with van der Waals surface area (Å²) in [7, 11) is 0. The van der Waals surface area contributed by atoms with Crippen LogP contribution >= 0.6 is 0 Å². The summed E-state index contributed by atoms with van der Waals surface area (Å²) in [5.74, 6) is 0.827. The first-order chi connectivity index (χ1) is 13.2. The van der Waals surface area contributed by atoms with Crippen molar-refractivity contribution in [3.8, 4) is 5.75 Å². The molecular formula is C23H32N2O2. The van der Waals surface area contributed by atoms with Crippen LogP contribution in [0, 0.1) is 0 Å². The Hall–Kier alpha value is -1.88. The summed E-state index contributed by atoms with van der Waals surface area (Å²) in [6.45, 7) is 6.97. The predicted octanol–water partition coefficient (Wildman–Crippen LogP) is 3.37. The second-order valence-electron chi connectivity index (χ2n) is 7.40. The molecule has 3 rings (SSSR count). The van der Waals surface area contributed by atoms with E-state index in [-0.39, 0.29) is 0 Å². The molecule has 1 aliphatic heterocycles. The molecule has 27 heavy (non-hydrogen) atoms. The van der Waals surface area contributed by atoms with Gasteiger partial charge in [-0.15, -0.1) is 0 Å². The van der Waals surface area contributed by atoms with Crippen molar-refractivity contribution in [2.75, 3.05) is 26.2 Å². The van der Waals surface area contributed by atoms with Crippen LogP contribution in [0.2, 0.25) is 0 Å². The van der Waals surface area contributed by atoms with Gasteiger partial charge in [-0.05, 0) is 48.2 Å². The summed E-state index contributed by atoms with van der Waals surface area (Å²) in [5.41, 5.74) is 4.02. The maximum absolute atomic E-state index is 10.4. The second-order valence-corrected chi connectivity index (χ2v) is 7.40. The van der Waals surface area contributed by atoms with Gasteiger partial charge in [0.15, 0.2) is 0 Å². The van der Waals surface area contributed by atoms with Gasteiger partial charge >= 0.3 is 0 Å². The molecule has 1 aliphatic rings. The Morgan fingerprint density at radius 1 is 1.15 bits per heavy atom. The lowest BCUT2D eigenvalue weighted by Gasteiger charge is -2.30. The molecule has 146 valence electrons. The highest BCUT2D eigenvalue weighted by molar-refractivity contribution is 5.29. The van der Waals surface area contributed by atoms with Gasteiger partial charge in [-0.25, -0.2) is 0 Å². The summed E-state index contributed by atoms with van der Waals surface area (Å²) in [6.07, 6.45) is 2.97. The van der Waals surface area contributed by atoms with E-state index in [1.54, 1.807) is 0 Å². The molecule has 0 bridgehead atoms. The molecule has 0 saturated carbocycles. The Balaban J connectivity index is 1.42. The normalized spacial score (nSPS) is 15.3. The summed E-state index contributed by atoms with van der Waals surface area (Å²) in [4.78, 5) is 2.31. The third-order valence-corrected chi connectivity index (χ3v) is 5.06. The number of nitrogens with one attached hydrogen (secondary N) is 1. The van der Waals surface area contributed by atoms with Gasteiger partial charge in [0.05, 0.1) is 0 Å². The molecule has 2 aromatic rings. The number of ether oxygens (including phenoxy) is 1. The molecule has 4 nitrogen and oxygen atoms in total. The van der Waals surface area contributed by atoms with E-state index >= 15 is 0 Å². The maximum atomic E-state index is 10.4. The number of aliphatic hydroxyl groups is 1. The van der Waals surface area contributed by atoms with Crippen LogP contribution in [-0.2, 0) is 19.5 Å². The Labute approximate surface area is 163 Å². The molecule has 1 unspecified atom stereocenters. The van der Waals surface area contributed by atoms with Gasteiger partial charge in [0.2, 0.25) is 0 Å². The highest BCUT2D eigenvalue weighted by Gasteiger charge is 2.18. The van der Waals surface area contributed by atoms with Gasteiger partial charge in [-0.2, -0.15) is 0 Å². The molecule has 0 aromatic heterocycles. The fourth-order valence-corrected chi connectivity index (χ4v) is 3.53. The fourth-order valence-electron chi connectivity index (χ4n) is 3.53. The Kier molecular flexibility index (Phi) is 7.69. The second kappa shape index (κ2) is 10.5. The minimum atomic E-state index is -0.485. The number of nitrogens with zero attached hydrogens (tertiary/aromatic N) is 1. The third kappa shape index (κ3) is 6.35. The van der Waals surface area contributed by atoms with Crippen molar-refractivity contribution < 1.29 is 9.84 Å². The lowest BCUT2D eigenvalue weighted by molar-refractivity contribution is 0.0637. The number of hydrogen-bond acceptors (Lipinski definition) is 4. The molecule has 0 radical (unpaired) electrons. The largest absolute Gasteiger partial charge is 0.491 e. The van der Waals surface area contributed by atoms with Crippen molar-refractivity contribution >= 4 is 0 Å². The number of hydrogen-bond donors (Lipinski definition) is 2. The van der Waals surface area contributed by atoms with Gasteiger partial charge in [-0.3, -0.25) is 4.90 Å². The summed E-state index contributed by atoms with van der Waals surface area (Å²) in [6, 6.07) is 16.7. The standard InChI is InChI=1S/C23H32N2O2/c1-2-3-12-24-15-19-7-6-10-23(14-19)27-18-22(26)17-25-13-11-20-8-4-5-9-21(20)16-25/h4-10,14,22,24,26H,2-3,11-13,15-18H2,1H3. The van der Waals surface area contributed by atoms with E-state index in [0.29, 0.717) is 13.2 Å². The van der Waals surface area contributed by atoms with Crippen molar-refractivity contribution in [3.63, 3.8) is 0 Å². The Morgan fingerprint density at radius 2 is 2.00 bits per heavy atom. The monoisotopic (exact) mass is 368 g/mol. The highest BCUT2D eigenvalue weighted by atomic mass is 16.5. The van der Waals surface area contributed by atoms with Crippen LogP contribution in [0.3, 0.4) is 0 Å². The minimum absolute atomic E-state index is 0.324. The first-order valence-electron chi connectivity index (χ1n) is 10.1. The number of benzene rings is 2. The summed E-state index contributed by atoms with van der Waals surface area (Å²) < 4.78 is 5.84. The molecule has 4 heteroatoms. The zero-order valence-corrected chi connectivity index (χ0v) is 16.4. The average molecular weight is 369 g/mol. The first-order valence-corrected chi connectivity index (χ1v) is 10.1. The van der Waals surface area contributed by atoms with Gasteiger partial charge in [0.1, 0.15) is 18.5 Å². The molecule has 0 spiro atoms. The highest BCUT2D eigenvalue weighted by Crippen LogP contribution is 2.19. The molecule has 0 saturated heterocycles. The number of β-amino-alcohol motifs (C(OH)–C–C–N with tert-alkyl or cyclic N) is 1. The van der Waals surface area contributed by atoms with E-state index in [0.717, 1.165) is 38.3 Å². The quantitative estimate of drug-likeness (QED) is 0.631. The molecule has 2 N–H and O–H groups in total. The van der Waals surface area contributed by atoms with Crippen LogP contribution in [0.5, 0.6) is 5.75 Å². The number of aliphatic hydroxyl groups excluding tert-OH is 1. The van der Waals surface area contributed by atoms with Crippen LogP contribution in [0.15, 0.2) is 48.5 Å². The van der Waals surface area contributed by atoms with E-state index in [2.05, 4.69) is 53.5 Å². The molecule has 0 amide bonds. The summed E-state index contributed by atoms with van der Waals surface area (Å²) in [5, 5.41) is 13.8. The number of unbranched alkanes of at least 4 members (excludes halogenated alkanes) is 1. The van der Waals surface area contributed by atoms with E-state index in [9.17, 15) is 5.11 Å². The lowest BCUT2D eigenvalue weighted by atomic mass is 10.00. The molecule has 1 atom stereocenters. The van der Waals surface area contributed by atoms with E-state index < -0.39 is 6.10 Å². The van der Waals surface area contributed by atoms with Gasteiger partial charge in [0.25, 0.3) is 0 Å². The van der Waals surface area contributed by atoms with Gasteiger partial charge in [0, 0.05) is 26.2 Å². The van der Waals surface area contributed by atoms with Crippen molar-refractivity contribution in [1.29, 1.82) is 0 Å². The van der Waals surface area contributed by atoms with Crippen molar-refractivity contribution in [2.45, 2.75) is 45.4 Å². The van der Waals surface area contributed by atoms with Crippen LogP contribution in [-0.4, -0.2) is 42.4 Å². The fraction of sp³-hybridized carbons (Fsp3) is 0.478. The summed E-state index contributed by atoms with van der Waals surface area (Å²) >= 11 is 0. The molecule has 2 aromatic carbocycles. The van der Waals surface area contributed by atoms with Crippen molar-refractivity contribution in [2.24, 2.45) is 0 Å². The zero-order chi connectivity index (χ0) is 18.9. The van der Waals surface area contributed by atoms with Crippen molar-refractivity contribution in [1.82, 2.24) is 10.2 Å². The minimum Gasteiger partial charge on any atom is -0.491 e. The molecule has 1 heterocycles. The topological polar surface area (TPSA) is 44.7 Å². The first kappa shape index (κ1) is 19.9. The van der Waals surface area contributed by atoms with Crippen LogP contribution in [0.25, 0.3) is 0 Å². The lowest BCUT2D eigenvalue weighted by Crippen LogP contribution is -2.38. The van der Waals surface area contributed by atoms with Crippen LogP contribution < -0.4 is 10.1 Å². The Bertz CT molecular complexity index is 704. The maximum Gasteiger partial charge on any atom is 0.119 e. The number of rotatable bonds is 10. The third-order valence-electron chi connectivity index (χ3n) is 5.06. The SMILES string of the molecule is CCCCNCc1cccc(OCC(O)CN2CCc3ccccc3C2)c1. The average Bonchev–Trinajstić information content (AvgIpc) is 2.70. The Morgan fingerprint density at radius 3 is 2.85 bits per heavy atom. The predicted molar refractivity (Wildman–Crippen MR) is 110 cm³/mol. The zero-order valence-electron chi connectivity index (χ0n) is 16.4. The van der Waals surface area contributed by atoms with Crippen LogP contribution in [0.1, 0.15) is 36.5 Å². The number of fused-ring (bicyclic) bond motifs is 1.